The molecule has 0 fully saturated rings. The lowest BCUT2D eigenvalue weighted by molar-refractivity contribution is -0.269. The molecule has 1 aliphatic heterocycles. The first kappa shape index (κ1) is 25.1. The Hall–Kier alpha value is -1.55. The van der Waals surface area contributed by atoms with E-state index in [9.17, 15) is 18.0 Å². The zero-order chi connectivity index (χ0) is 23.9. The van der Waals surface area contributed by atoms with Gasteiger partial charge in [-0.1, -0.05) is 76.2 Å². The first-order chi connectivity index (χ1) is 14.7. The van der Waals surface area contributed by atoms with Crippen molar-refractivity contribution in [2.45, 2.75) is 21.6 Å². The molecule has 1 aliphatic rings. The lowest BCUT2D eigenvalue weighted by Gasteiger charge is -2.28. The lowest BCUT2D eigenvalue weighted by Crippen LogP contribution is -2.42. The van der Waals surface area contributed by atoms with Gasteiger partial charge in [-0.05, 0) is 35.9 Å². The normalized spacial score (nSPS) is 19.8. The molecule has 172 valence electrons. The van der Waals surface area contributed by atoms with Crippen LogP contribution in [0.25, 0.3) is 5.70 Å². The van der Waals surface area contributed by atoms with Crippen LogP contribution in [0.15, 0.2) is 48.5 Å². The van der Waals surface area contributed by atoms with E-state index in [0.29, 0.717) is 0 Å². The van der Waals surface area contributed by atoms with E-state index < -0.39 is 27.7 Å². The topological polar surface area (TPSA) is 70.6 Å². The van der Waals surface area contributed by atoms with Gasteiger partial charge in [-0.15, -0.1) is 0 Å². The van der Waals surface area contributed by atoms with Gasteiger partial charge >= 0.3 is 12.3 Å². The van der Waals surface area contributed by atoms with E-state index in [1.165, 1.54) is 30.3 Å². The van der Waals surface area contributed by atoms with E-state index in [0.717, 1.165) is 18.2 Å². The van der Waals surface area contributed by atoms with Gasteiger partial charge < -0.3 is 10.4 Å². The molecule has 3 N–H and O–H groups in total. The van der Waals surface area contributed by atoms with Gasteiger partial charge in [0.15, 0.2) is 0 Å². The third kappa shape index (κ3) is 5.16. The van der Waals surface area contributed by atoms with Crippen molar-refractivity contribution in [2.24, 2.45) is 0 Å². The SMILES string of the molecule is O=C(O)NC(c1cccc(C2=CC(c3cc(Cl)cc(Cl)c3)(C(F)(F)F)ON2)c1)C(Cl)(Cl)Cl. The van der Waals surface area contributed by atoms with Crippen molar-refractivity contribution in [3.63, 3.8) is 0 Å². The summed E-state index contributed by atoms with van der Waals surface area (Å²) in [5.74, 6) is 0. The molecule has 1 heterocycles. The van der Waals surface area contributed by atoms with Crippen LogP contribution in [0.3, 0.4) is 0 Å². The average Bonchev–Trinajstić information content (AvgIpc) is 3.11. The Morgan fingerprint density at radius 2 is 1.72 bits per heavy atom. The quantitative estimate of drug-likeness (QED) is 0.359. The Morgan fingerprint density at radius 3 is 2.25 bits per heavy atom. The maximum atomic E-state index is 14.1. The summed E-state index contributed by atoms with van der Waals surface area (Å²) in [6, 6.07) is 7.93. The van der Waals surface area contributed by atoms with Gasteiger partial charge in [-0.2, -0.15) is 13.2 Å². The summed E-state index contributed by atoms with van der Waals surface area (Å²) in [5, 5.41) is 11.1. The highest BCUT2D eigenvalue weighted by atomic mass is 35.6. The number of hydroxylamine groups is 1. The molecule has 2 unspecified atom stereocenters. The highest BCUT2D eigenvalue weighted by Gasteiger charge is 2.59. The average molecular weight is 551 g/mol. The van der Waals surface area contributed by atoms with Crippen molar-refractivity contribution in [2.75, 3.05) is 0 Å². The number of alkyl halides is 6. The molecule has 32 heavy (non-hydrogen) atoms. The smallest absolute Gasteiger partial charge is 0.428 e. The van der Waals surface area contributed by atoms with Gasteiger partial charge in [0, 0.05) is 21.2 Å². The van der Waals surface area contributed by atoms with Crippen LogP contribution >= 0.6 is 58.0 Å². The summed E-state index contributed by atoms with van der Waals surface area (Å²) in [6.45, 7) is 0. The minimum atomic E-state index is -4.89. The standard InChI is InChI=1S/C19H12Cl5F3N2O3/c20-12-5-11(6-13(21)7-12)17(19(25,26)27)8-14(29-32-17)9-2-1-3-10(4-9)15(18(22,23)24)28-16(30)31/h1-8,15,28-29H,(H,30,31). The highest BCUT2D eigenvalue weighted by Crippen LogP contribution is 2.48. The molecule has 0 spiro atoms. The predicted octanol–water partition coefficient (Wildman–Crippen LogP) is 7.01. The van der Waals surface area contributed by atoms with Gasteiger partial charge in [-0.3, -0.25) is 10.3 Å². The second-order valence-corrected chi connectivity index (χ2v) is 9.95. The number of nitrogens with one attached hydrogen (secondary N) is 2. The molecule has 1 amide bonds. The second kappa shape index (κ2) is 9.00. The number of rotatable bonds is 4. The Bertz CT molecular complexity index is 1050. The Kier molecular flexibility index (Phi) is 7.06. The van der Waals surface area contributed by atoms with Crippen molar-refractivity contribution >= 4 is 69.8 Å². The Labute approximate surface area is 204 Å². The van der Waals surface area contributed by atoms with E-state index in [-0.39, 0.29) is 32.4 Å². The molecule has 0 radical (unpaired) electrons. The summed E-state index contributed by atoms with van der Waals surface area (Å²) >= 11 is 29.4. The van der Waals surface area contributed by atoms with E-state index >= 15 is 0 Å². The second-order valence-electron chi connectivity index (χ2n) is 6.70. The summed E-state index contributed by atoms with van der Waals surface area (Å²) < 4.78 is 40.3. The number of benzene rings is 2. The molecule has 0 aromatic heterocycles. The molecule has 2 atom stereocenters. The van der Waals surface area contributed by atoms with Gasteiger partial charge in [0.25, 0.3) is 0 Å². The van der Waals surface area contributed by atoms with Gasteiger partial charge in [0.2, 0.25) is 9.39 Å². The number of hydrogen-bond acceptors (Lipinski definition) is 3. The van der Waals surface area contributed by atoms with Crippen LogP contribution < -0.4 is 10.8 Å². The zero-order valence-electron chi connectivity index (χ0n) is 15.5. The first-order valence-corrected chi connectivity index (χ1v) is 10.5. The molecule has 13 heteroatoms. The number of carbonyl (C=O) groups is 1. The summed E-state index contributed by atoms with van der Waals surface area (Å²) in [5.41, 5.74) is -0.599. The predicted molar refractivity (Wildman–Crippen MR) is 117 cm³/mol. The van der Waals surface area contributed by atoms with Crippen LogP contribution in [-0.4, -0.2) is 21.2 Å². The highest BCUT2D eigenvalue weighted by molar-refractivity contribution is 6.68. The van der Waals surface area contributed by atoms with E-state index in [2.05, 4.69) is 10.8 Å². The minimum Gasteiger partial charge on any atom is -0.465 e. The van der Waals surface area contributed by atoms with Crippen molar-refractivity contribution in [1.29, 1.82) is 0 Å². The molecule has 0 aliphatic carbocycles. The van der Waals surface area contributed by atoms with Crippen LogP contribution in [0, 0.1) is 0 Å². The fraction of sp³-hybridized carbons (Fsp3) is 0.211. The third-order valence-electron chi connectivity index (χ3n) is 4.51. The molecule has 0 bridgehead atoms. The minimum absolute atomic E-state index is 0.00571. The maximum absolute atomic E-state index is 14.1. The van der Waals surface area contributed by atoms with Crippen LogP contribution in [0.2, 0.25) is 10.0 Å². The van der Waals surface area contributed by atoms with Crippen molar-refractivity contribution < 1.29 is 27.9 Å². The van der Waals surface area contributed by atoms with E-state index in [4.69, 9.17) is 67.9 Å². The van der Waals surface area contributed by atoms with Gasteiger partial charge in [-0.25, -0.2) is 4.79 Å². The Balaban J connectivity index is 2.09. The fourth-order valence-corrected chi connectivity index (χ4v) is 4.18. The first-order valence-electron chi connectivity index (χ1n) is 8.59. The molecular weight excluding hydrogens is 538 g/mol. The molecule has 2 aromatic rings. The maximum Gasteiger partial charge on any atom is 0.428 e. The van der Waals surface area contributed by atoms with Gasteiger partial charge in [0.05, 0.1) is 5.70 Å². The zero-order valence-corrected chi connectivity index (χ0v) is 19.3. The molecular formula is C19H12Cl5F3N2O3. The Morgan fingerprint density at radius 1 is 1.09 bits per heavy atom. The van der Waals surface area contributed by atoms with Crippen LogP contribution in [0.1, 0.15) is 22.7 Å². The number of carboxylic acid groups (broad SMARTS) is 1. The fourth-order valence-electron chi connectivity index (χ4n) is 3.12. The van der Waals surface area contributed by atoms with E-state index in [1.807, 2.05) is 0 Å². The third-order valence-corrected chi connectivity index (χ3v) is 5.60. The summed E-state index contributed by atoms with van der Waals surface area (Å²) in [4.78, 5) is 16.1. The van der Waals surface area contributed by atoms with Crippen molar-refractivity contribution in [3.05, 3.63) is 75.3 Å². The van der Waals surface area contributed by atoms with Crippen LogP contribution in [0.5, 0.6) is 0 Å². The molecule has 0 saturated carbocycles. The number of amides is 1. The lowest BCUT2D eigenvalue weighted by atomic mass is 9.91. The number of halogens is 8. The monoisotopic (exact) mass is 548 g/mol. The molecule has 2 aromatic carbocycles. The van der Waals surface area contributed by atoms with E-state index in [1.54, 1.807) is 0 Å². The number of hydrogen-bond donors (Lipinski definition) is 3. The largest absolute Gasteiger partial charge is 0.465 e. The molecule has 3 rings (SSSR count). The van der Waals surface area contributed by atoms with Crippen LogP contribution in [-0.2, 0) is 10.4 Å². The van der Waals surface area contributed by atoms with Crippen molar-refractivity contribution in [3.8, 4) is 0 Å². The molecule has 0 saturated heterocycles. The van der Waals surface area contributed by atoms with Crippen LogP contribution in [0.4, 0.5) is 18.0 Å². The molecule has 5 nitrogen and oxygen atoms in total. The van der Waals surface area contributed by atoms with Gasteiger partial charge in [0.1, 0.15) is 6.04 Å². The summed E-state index contributed by atoms with van der Waals surface area (Å²) in [6.07, 6.45) is -5.52. The van der Waals surface area contributed by atoms with Crippen molar-refractivity contribution in [1.82, 2.24) is 10.8 Å². The summed E-state index contributed by atoms with van der Waals surface area (Å²) in [7, 11) is 0.